The van der Waals surface area contributed by atoms with Crippen molar-refractivity contribution in [3.05, 3.63) is 17.6 Å². The number of nitrogens with two attached hydrogens (primary N) is 1. The SMILES string of the molecule is CCc1oc(C(=O)OC)cc1S(=O)(=O)NC1CCCCC1CN.Cl. The summed E-state index contributed by atoms with van der Waals surface area (Å²) < 4.78 is 38.0. The Bertz CT molecular complexity index is 659. The van der Waals surface area contributed by atoms with Gasteiger partial charge in [0.2, 0.25) is 15.8 Å². The van der Waals surface area contributed by atoms with Crippen molar-refractivity contribution in [2.75, 3.05) is 13.7 Å². The quantitative estimate of drug-likeness (QED) is 0.728. The number of hydrogen-bond acceptors (Lipinski definition) is 6. The van der Waals surface area contributed by atoms with E-state index in [1.54, 1.807) is 6.92 Å². The number of ether oxygens (including phenoxy) is 1. The Morgan fingerprint density at radius 1 is 1.42 bits per heavy atom. The van der Waals surface area contributed by atoms with E-state index in [2.05, 4.69) is 9.46 Å². The molecular weight excluding hydrogens is 356 g/mol. The summed E-state index contributed by atoms with van der Waals surface area (Å²) in [5, 5.41) is 0. The Labute approximate surface area is 148 Å². The van der Waals surface area contributed by atoms with Crippen molar-refractivity contribution in [2.24, 2.45) is 11.7 Å². The first-order valence-corrected chi connectivity index (χ1v) is 9.34. The number of rotatable bonds is 6. The zero-order chi connectivity index (χ0) is 17.0. The van der Waals surface area contributed by atoms with Crippen LogP contribution in [0.15, 0.2) is 15.4 Å². The Hall–Kier alpha value is -1.09. The highest BCUT2D eigenvalue weighted by Crippen LogP contribution is 2.27. The average molecular weight is 381 g/mol. The lowest BCUT2D eigenvalue weighted by Crippen LogP contribution is -2.44. The first-order valence-electron chi connectivity index (χ1n) is 7.86. The third-order valence-corrected chi connectivity index (χ3v) is 5.82. The molecule has 0 bridgehead atoms. The van der Waals surface area contributed by atoms with Crippen LogP contribution in [0.25, 0.3) is 0 Å². The first kappa shape index (κ1) is 21.0. The Morgan fingerprint density at radius 2 is 2.08 bits per heavy atom. The topological polar surface area (TPSA) is 112 Å². The number of nitrogens with one attached hydrogen (secondary N) is 1. The molecule has 1 aliphatic carbocycles. The van der Waals surface area contributed by atoms with Gasteiger partial charge in [-0.05, 0) is 25.3 Å². The largest absolute Gasteiger partial charge is 0.463 e. The van der Waals surface area contributed by atoms with Crippen molar-refractivity contribution in [1.29, 1.82) is 0 Å². The minimum absolute atomic E-state index is 0. The van der Waals surface area contributed by atoms with Crippen molar-refractivity contribution in [2.45, 2.75) is 50.0 Å². The number of carbonyl (C=O) groups excluding carboxylic acids is 1. The van der Waals surface area contributed by atoms with E-state index in [9.17, 15) is 13.2 Å². The fourth-order valence-corrected chi connectivity index (χ4v) is 4.58. The van der Waals surface area contributed by atoms with E-state index >= 15 is 0 Å². The van der Waals surface area contributed by atoms with Gasteiger partial charge in [0, 0.05) is 18.5 Å². The first-order chi connectivity index (χ1) is 10.9. The highest BCUT2D eigenvalue weighted by molar-refractivity contribution is 7.89. The number of esters is 1. The minimum atomic E-state index is -3.77. The predicted octanol–water partition coefficient (Wildman–Crippen LogP) is 1.85. The highest BCUT2D eigenvalue weighted by atomic mass is 35.5. The van der Waals surface area contributed by atoms with Crippen molar-refractivity contribution in [3.63, 3.8) is 0 Å². The second kappa shape index (κ2) is 8.84. The third-order valence-electron chi connectivity index (χ3n) is 4.29. The molecule has 1 aromatic rings. The molecule has 138 valence electrons. The molecule has 3 N–H and O–H groups in total. The second-order valence-corrected chi connectivity index (χ2v) is 7.43. The number of sulfonamides is 1. The predicted molar refractivity (Wildman–Crippen MR) is 91.8 cm³/mol. The molecule has 1 saturated carbocycles. The molecular formula is C15H25ClN2O5S. The number of furan rings is 1. The van der Waals surface area contributed by atoms with Crippen LogP contribution < -0.4 is 10.5 Å². The monoisotopic (exact) mass is 380 g/mol. The van der Waals surface area contributed by atoms with Crippen LogP contribution in [0.5, 0.6) is 0 Å². The summed E-state index contributed by atoms with van der Waals surface area (Å²) in [4.78, 5) is 11.6. The van der Waals surface area contributed by atoms with Crippen molar-refractivity contribution in [1.82, 2.24) is 4.72 Å². The average Bonchev–Trinajstić information content (AvgIpc) is 2.99. The van der Waals surface area contributed by atoms with E-state index in [0.717, 1.165) is 25.7 Å². The van der Waals surface area contributed by atoms with Crippen LogP contribution in [0.4, 0.5) is 0 Å². The smallest absolute Gasteiger partial charge is 0.373 e. The summed E-state index contributed by atoms with van der Waals surface area (Å²) >= 11 is 0. The maximum absolute atomic E-state index is 12.7. The van der Waals surface area contributed by atoms with Crippen LogP contribution in [0.3, 0.4) is 0 Å². The van der Waals surface area contributed by atoms with E-state index in [1.807, 2.05) is 0 Å². The molecule has 0 spiro atoms. The lowest BCUT2D eigenvalue weighted by molar-refractivity contribution is 0.0563. The number of hydrogen-bond donors (Lipinski definition) is 2. The number of carbonyl (C=O) groups is 1. The van der Waals surface area contributed by atoms with Crippen molar-refractivity contribution < 1.29 is 22.4 Å². The van der Waals surface area contributed by atoms with Gasteiger partial charge in [-0.2, -0.15) is 0 Å². The normalized spacial score (nSPS) is 21.1. The maximum Gasteiger partial charge on any atom is 0.373 e. The van der Waals surface area contributed by atoms with E-state index in [1.165, 1.54) is 13.2 Å². The molecule has 1 aromatic heterocycles. The fourth-order valence-electron chi connectivity index (χ4n) is 2.99. The van der Waals surface area contributed by atoms with Gasteiger partial charge in [-0.15, -0.1) is 12.4 Å². The van der Waals surface area contributed by atoms with E-state index in [0.29, 0.717) is 13.0 Å². The Morgan fingerprint density at radius 3 is 2.67 bits per heavy atom. The molecule has 2 unspecified atom stereocenters. The second-order valence-electron chi connectivity index (χ2n) is 5.75. The number of halogens is 1. The zero-order valence-corrected chi connectivity index (χ0v) is 15.5. The molecule has 1 fully saturated rings. The molecule has 0 amide bonds. The van der Waals surface area contributed by atoms with Crippen LogP contribution in [-0.4, -0.2) is 34.1 Å². The summed E-state index contributed by atoms with van der Waals surface area (Å²) in [6, 6.07) is 1.05. The lowest BCUT2D eigenvalue weighted by atomic mass is 9.85. The molecule has 2 atom stereocenters. The maximum atomic E-state index is 12.7. The van der Waals surface area contributed by atoms with Gasteiger partial charge in [0.1, 0.15) is 10.7 Å². The number of aryl methyl sites for hydroxylation is 1. The summed E-state index contributed by atoms with van der Waals surface area (Å²) in [5.74, 6) is -0.420. The van der Waals surface area contributed by atoms with Gasteiger partial charge in [0.05, 0.1) is 7.11 Å². The van der Waals surface area contributed by atoms with Gasteiger partial charge in [-0.3, -0.25) is 0 Å². The van der Waals surface area contributed by atoms with Crippen LogP contribution >= 0.6 is 12.4 Å². The molecule has 1 heterocycles. The van der Waals surface area contributed by atoms with E-state index < -0.39 is 16.0 Å². The Kier molecular flexibility index (Phi) is 7.72. The molecule has 0 aliphatic heterocycles. The van der Waals surface area contributed by atoms with Gasteiger partial charge in [0.25, 0.3) is 0 Å². The molecule has 0 saturated heterocycles. The van der Waals surface area contributed by atoms with Gasteiger partial charge >= 0.3 is 5.97 Å². The van der Waals surface area contributed by atoms with E-state index in [-0.39, 0.29) is 40.8 Å². The molecule has 24 heavy (non-hydrogen) atoms. The molecule has 2 rings (SSSR count). The van der Waals surface area contributed by atoms with Crippen molar-refractivity contribution in [3.8, 4) is 0 Å². The highest BCUT2D eigenvalue weighted by Gasteiger charge is 2.32. The van der Waals surface area contributed by atoms with Crippen molar-refractivity contribution >= 4 is 28.4 Å². The van der Waals surface area contributed by atoms with Crippen LogP contribution in [0, 0.1) is 5.92 Å². The lowest BCUT2D eigenvalue weighted by Gasteiger charge is -2.30. The van der Waals surface area contributed by atoms with Gasteiger partial charge in [-0.1, -0.05) is 19.8 Å². The van der Waals surface area contributed by atoms with Crippen LogP contribution in [-0.2, 0) is 21.2 Å². The van der Waals surface area contributed by atoms with Gasteiger partial charge in [0.15, 0.2) is 0 Å². The summed E-state index contributed by atoms with van der Waals surface area (Å²) in [7, 11) is -2.55. The Balaban J connectivity index is 0.00000288. The minimum Gasteiger partial charge on any atom is -0.463 e. The number of methoxy groups -OCH3 is 1. The summed E-state index contributed by atoms with van der Waals surface area (Å²) in [6.07, 6.45) is 4.09. The molecule has 7 nitrogen and oxygen atoms in total. The van der Waals surface area contributed by atoms with Crippen LogP contribution in [0.1, 0.15) is 48.9 Å². The standard InChI is InChI=1S/C15H24N2O5S.ClH/c1-3-12-14(8-13(22-12)15(18)21-2)23(19,20)17-11-7-5-4-6-10(11)9-16;/h8,10-11,17H,3-7,9,16H2,1-2H3;1H. The van der Waals surface area contributed by atoms with Crippen LogP contribution in [0.2, 0.25) is 0 Å². The van der Waals surface area contributed by atoms with Gasteiger partial charge in [-0.25, -0.2) is 17.9 Å². The molecule has 0 radical (unpaired) electrons. The van der Waals surface area contributed by atoms with E-state index in [4.69, 9.17) is 10.2 Å². The fraction of sp³-hybridized carbons (Fsp3) is 0.667. The third kappa shape index (κ3) is 4.50. The molecule has 1 aliphatic rings. The van der Waals surface area contributed by atoms with Gasteiger partial charge < -0.3 is 14.9 Å². The summed E-state index contributed by atoms with van der Waals surface area (Å²) in [5.41, 5.74) is 5.75. The molecule has 9 heteroatoms. The zero-order valence-electron chi connectivity index (χ0n) is 13.9. The molecule has 0 aromatic carbocycles. The summed E-state index contributed by atoms with van der Waals surface area (Å²) in [6.45, 7) is 2.22.